The summed E-state index contributed by atoms with van der Waals surface area (Å²) in [6.07, 6.45) is 2.71. The highest BCUT2D eigenvalue weighted by molar-refractivity contribution is 6.17. The molecule has 0 amide bonds. The number of aryl methyl sites for hydroxylation is 1. The predicted octanol–water partition coefficient (Wildman–Crippen LogP) is 6.14. The molecular formula is C29H30O5. The van der Waals surface area contributed by atoms with Gasteiger partial charge in [0.1, 0.15) is 28.3 Å². The second kappa shape index (κ2) is 8.15. The van der Waals surface area contributed by atoms with Crippen LogP contribution in [0.5, 0.6) is 5.75 Å². The number of methoxy groups -OCH3 is 1. The number of benzene rings is 2. The number of ether oxygens (including phenoxy) is 2. The van der Waals surface area contributed by atoms with Gasteiger partial charge in [-0.1, -0.05) is 24.3 Å². The van der Waals surface area contributed by atoms with Crippen LogP contribution < -0.4 is 4.74 Å². The van der Waals surface area contributed by atoms with Crippen molar-refractivity contribution < 1.29 is 23.5 Å². The Hall–Kier alpha value is -3.34. The van der Waals surface area contributed by atoms with Crippen molar-refractivity contribution in [2.75, 3.05) is 7.11 Å². The molecule has 5 nitrogen and oxygen atoms in total. The molecule has 34 heavy (non-hydrogen) atoms. The normalized spacial score (nSPS) is 21.6. The molecule has 2 aromatic carbocycles. The lowest BCUT2D eigenvalue weighted by Gasteiger charge is -2.38. The maximum absolute atomic E-state index is 14.0. The summed E-state index contributed by atoms with van der Waals surface area (Å²) in [4.78, 5) is 27.8. The molecule has 0 saturated heterocycles. The standard InChI is InChI=1S/C29H30O5/c1-28(2,3)34-27(31)29(17-19-8-5-6-9-21(19)26(29)30)23-10-7-11-24-22(23)16-25(33-24)18-12-14-20(32-4)15-13-18/h5-6,8-9,12-16,23H,7,10-11,17H2,1-4H3/t23-,29-/m1/s1. The zero-order valence-electron chi connectivity index (χ0n) is 20.1. The first-order valence-corrected chi connectivity index (χ1v) is 11.9. The molecule has 3 aromatic rings. The Kier molecular flexibility index (Phi) is 5.38. The van der Waals surface area contributed by atoms with Crippen LogP contribution in [0.2, 0.25) is 0 Å². The molecule has 0 radical (unpaired) electrons. The van der Waals surface area contributed by atoms with E-state index in [2.05, 4.69) is 0 Å². The summed E-state index contributed by atoms with van der Waals surface area (Å²) in [5.41, 5.74) is 1.43. The number of hydrogen-bond acceptors (Lipinski definition) is 5. The van der Waals surface area contributed by atoms with Gasteiger partial charge in [0.15, 0.2) is 5.78 Å². The van der Waals surface area contributed by atoms with Gasteiger partial charge in [0.25, 0.3) is 0 Å². The van der Waals surface area contributed by atoms with Crippen LogP contribution in [0.15, 0.2) is 59.0 Å². The number of carbonyl (C=O) groups excluding carboxylic acids is 2. The van der Waals surface area contributed by atoms with Gasteiger partial charge in [-0.3, -0.25) is 9.59 Å². The average molecular weight is 459 g/mol. The van der Waals surface area contributed by atoms with Gasteiger partial charge in [-0.25, -0.2) is 0 Å². The molecule has 0 fully saturated rings. The zero-order valence-corrected chi connectivity index (χ0v) is 20.1. The fraction of sp³-hybridized carbons (Fsp3) is 0.379. The van der Waals surface area contributed by atoms with E-state index in [-0.39, 0.29) is 11.7 Å². The molecule has 5 rings (SSSR count). The molecule has 0 aliphatic heterocycles. The summed E-state index contributed by atoms with van der Waals surface area (Å²) in [5, 5.41) is 0. The number of ketones is 1. The Morgan fingerprint density at radius 2 is 1.82 bits per heavy atom. The van der Waals surface area contributed by atoms with Crippen molar-refractivity contribution in [2.24, 2.45) is 5.41 Å². The van der Waals surface area contributed by atoms with E-state index in [4.69, 9.17) is 13.9 Å². The van der Waals surface area contributed by atoms with Crippen LogP contribution in [-0.4, -0.2) is 24.5 Å². The maximum atomic E-state index is 14.0. The monoisotopic (exact) mass is 458 g/mol. The quantitative estimate of drug-likeness (QED) is 0.347. The summed E-state index contributed by atoms with van der Waals surface area (Å²) in [6.45, 7) is 5.53. The van der Waals surface area contributed by atoms with Gasteiger partial charge in [0.2, 0.25) is 0 Å². The molecule has 1 heterocycles. The number of carbonyl (C=O) groups is 2. The minimum atomic E-state index is -1.28. The molecule has 0 bridgehead atoms. The number of fused-ring (bicyclic) bond motifs is 2. The average Bonchev–Trinajstić information content (AvgIpc) is 3.38. The molecular weight excluding hydrogens is 428 g/mol. The minimum Gasteiger partial charge on any atom is -0.497 e. The van der Waals surface area contributed by atoms with Crippen LogP contribution in [0.25, 0.3) is 11.3 Å². The van der Waals surface area contributed by atoms with E-state index >= 15 is 0 Å². The Balaban J connectivity index is 1.61. The van der Waals surface area contributed by atoms with E-state index in [1.165, 1.54) is 0 Å². The number of hydrogen-bond donors (Lipinski definition) is 0. The van der Waals surface area contributed by atoms with Crippen LogP contribution in [-0.2, 0) is 22.4 Å². The first-order valence-electron chi connectivity index (χ1n) is 11.9. The third-order valence-corrected chi connectivity index (χ3v) is 6.98. The van der Waals surface area contributed by atoms with Gasteiger partial charge in [0, 0.05) is 23.5 Å². The Bertz CT molecular complexity index is 1240. The van der Waals surface area contributed by atoms with E-state index in [9.17, 15) is 9.59 Å². The first-order chi connectivity index (χ1) is 16.2. The number of esters is 1. The second-order valence-corrected chi connectivity index (χ2v) is 10.3. The lowest BCUT2D eigenvalue weighted by molar-refractivity contribution is -0.165. The molecule has 2 aliphatic carbocycles. The van der Waals surface area contributed by atoms with Crippen molar-refractivity contribution in [3.63, 3.8) is 0 Å². The SMILES string of the molecule is COc1ccc(-c2cc3c(o2)CCC[C@H]3[C@]2(C(=O)OC(C)(C)C)Cc3ccccc3C2=O)cc1. The number of rotatable bonds is 4. The van der Waals surface area contributed by atoms with Crippen LogP contribution in [0.3, 0.4) is 0 Å². The third-order valence-electron chi connectivity index (χ3n) is 6.98. The Morgan fingerprint density at radius 1 is 1.09 bits per heavy atom. The number of Topliss-reactive ketones (excluding diaryl/α,β-unsaturated/α-hetero) is 1. The van der Waals surface area contributed by atoms with Crippen molar-refractivity contribution in [3.8, 4) is 17.1 Å². The van der Waals surface area contributed by atoms with E-state index in [0.717, 1.165) is 53.2 Å². The second-order valence-electron chi connectivity index (χ2n) is 10.3. The van der Waals surface area contributed by atoms with Crippen LogP contribution >= 0.6 is 0 Å². The summed E-state index contributed by atoms with van der Waals surface area (Å²) in [7, 11) is 1.64. The lowest BCUT2D eigenvalue weighted by Crippen LogP contribution is -2.47. The van der Waals surface area contributed by atoms with Crippen molar-refractivity contribution in [2.45, 2.75) is 58.0 Å². The van der Waals surface area contributed by atoms with Crippen LogP contribution in [0, 0.1) is 5.41 Å². The highest BCUT2D eigenvalue weighted by Gasteiger charge is 2.59. The zero-order chi connectivity index (χ0) is 24.1. The van der Waals surface area contributed by atoms with Gasteiger partial charge in [-0.2, -0.15) is 0 Å². The minimum absolute atomic E-state index is 0.137. The molecule has 0 unspecified atom stereocenters. The smallest absolute Gasteiger partial charge is 0.321 e. The van der Waals surface area contributed by atoms with Crippen molar-refractivity contribution in [1.82, 2.24) is 0 Å². The van der Waals surface area contributed by atoms with E-state index in [1.54, 1.807) is 7.11 Å². The molecule has 0 saturated carbocycles. The third kappa shape index (κ3) is 3.64. The van der Waals surface area contributed by atoms with E-state index in [1.807, 2.05) is 75.4 Å². The lowest BCUT2D eigenvalue weighted by atomic mass is 9.65. The van der Waals surface area contributed by atoms with E-state index < -0.39 is 17.0 Å². The predicted molar refractivity (Wildman–Crippen MR) is 129 cm³/mol. The van der Waals surface area contributed by atoms with Crippen LogP contribution in [0.4, 0.5) is 0 Å². The highest BCUT2D eigenvalue weighted by atomic mass is 16.6. The maximum Gasteiger partial charge on any atom is 0.321 e. The van der Waals surface area contributed by atoms with Gasteiger partial charge in [0.05, 0.1) is 7.11 Å². The molecule has 2 atom stereocenters. The molecule has 1 aromatic heterocycles. The van der Waals surface area contributed by atoms with Gasteiger partial charge < -0.3 is 13.9 Å². The van der Waals surface area contributed by atoms with Crippen molar-refractivity contribution in [3.05, 3.63) is 77.0 Å². The largest absolute Gasteiger partial charge is 0.497 e. The van der Waals surface area contributed by atoms with Gasteiger partial charge >= 0.3 is 5.97 Å². The molecule has 0 N–H and O–H groups in total. The van der Waals surface area contributed by atoms with Crippen molar-refractivity contribution in [1.29, 1.82) is 0 Å². The summed E-state index contributed by atoms with van der Waals surface area (Å²) in [6, 6.07) is 17.3. The van der Waals surface area contributed by atoms with Gasteiger partial charge in [-0.15, -0.1) is 0 Å². The molecule has 0 spiro atoms. The summed E-state index contributed by atoms with van der Waals surface area (Å²) in [5.74, 6) is 1.49. The highest BCUT2D eigenvalue weighted by Crippen LogP contribution is 2.53. The van der Waals surface area contributed by atoms with Crippen molar-refractivity contribution >= 4 is 11.8 Å². The molecule has 2 aliphatic rings. The molecule has 176 valence electrons. The summed E-state index contributed by atoms with van der Waals surface area (Å²) < 4.78 is 17.5. The van der Waals surface area contributed by atoms with Crippen LogP contribution in [0.1, 0.15) is 66.8 Å². The fourth-order valence-corrected chi connectivity index (χ4v) is 5.44. The number of furan rings is 1. The topological polar surface area (TPSA) is 65.7 Å². The Labute approximate surface area is 200 Å². The molecule has 5 heteroatoms. The first kappa shape index (κ1) is 22.5. The fourth-order valence-electron chi connectivity index (χ4n) is 5.44. The summed E-state index contributed by atoms with van der Waals surface area (Å²) >= 11 is 0. The Morgan fingerprint density at radius 3 is 2.50 bits per heavy atom. The van der Waals surface area contributed by atoms with E-state index in [0.29, 0.717) is 12.0 Å². The van der Waals surface area contributed by atoms with Gasteiger partial charge in [-0.05, 0) is 81.5 Å².